The summed E-state index contributed by atoms with van der Waals surface area (Å²) in [6, 6.07) is 12.4. The van der Waals surface area contributed by atoms with Crippen molar-refractivity contribution in [1.29, 1.82) is 0 Å². The number of esters is 1. The van der Waals surface area contributed by atoms with E-state index in [0.717, 1.165) is 19.3 Å². The van der Waals surface area contributed by atoms with Gasteiger partial charge < -0.3 is 19.5 Å². The van der Waals surface area contributed by atoms with Gasteiger partial charge in [0.05, 0.1) is 30.3 Å². The molecule has 0 bridgehead atoms. The van der Waals surface area contributed by atoms with Crippen LogP contribution in [-0.4, -0.2) is 64.1 Å². The average molecular weight is 491 g/mol. The number of carbonyl (C=O) groups excluding carboxylic acids is 2. The molecule has 0 aromatic heterocycles. The lowest BCUT2D eigenvalue weighted by atomic mass is 10.2. The minimum Gasteiger partial charge on any atom is -0.494 e. The summed E-state index contributed by atoms with van der Waals surface area (Å²) >= 11 is 0. The lowest BCUT2D eigenvalue weighted by molar-refractivity contribution is -0.119. The molecule has 1 amide bonds. The Labute approximate surface area is 200 Å². The fourth-order valence-corrected chi connectivity index (χ4v) is 4.70. The second-order valence-electron chi connectivity index (χ2n) is 7.75. The van der Waals surface area contributed by atoms with Gasteiger partial charge in [-0.2, -0.15) is 4.31 Å². The summed E-state index contributed by atoms with van der Waals surface area (Å²) in [6.07, 6.45) is 3.19. The Bertz CT molecular complexity index is 1050. The molecule has 2 aromatic rings. The van der Waals surface area contributed by atoms with Crippen LogP contribution in [0.2, 0.25) is 0 Å². The highest BCUT2D eigenvalue weighted by atomic mass is 32.2. The van der Waals surface area contributed by atoms with Crippen molar-refractivity contribution in [2.45, 2.75) is 31.1 Å². The zero-order valence-corrected chi connectivity index (χ0v) is 20.0. The summed E-state index contributed by atoms with van der Waals surface area (Å²) in [5.41, 5.74) is 0.706. The molecule has 1 aliphatic rings. The number of unbranched alkanes of at least 4 members (excludes halogenated alkanes) is 2. The van der Waals surface area contributed by atoms with Crippen molar-refractivity contribution in [3.63, 3.8) is 0 Å². The van der Waals surface area contributed by atoms with Gasteiger partial charge in [-0.25, -0.2) is 13.2 Å². The maximum absolute atomic E-state index is 12.6. The fraction of sp³-hybridized carbons (Fsp3) is 0.417. The molecule has 0 saturated carbocycles. The lowest BCUT2D eigenvalue weighted by Crippen LogP contribution is -2.40. The Morgan fingerprint density at radius 3 is 2.32 bits per heavy atom. The van der Waals surface area contributed by atoms with Gasteiger partial charge in [-0.1, -0.05) is 19.8 Å². The van der Waals surface area contributed by atoms with E-state index in [-0.39, 0.29) is 4.90 Å². The Morgan fingerprint density at radius 1 is 1.00 bits per heavy atom. The SMILES string of the molecule is CCCCCOc1ccc(C(=O)OCC(=O)Nc2ccc(S(=O)(=O)N3CCOCC3)cc2)cc1. The molecule has 0 atom stereocenters. The highest BCUT2D eigenvalue weighted by molar-refractivity contribution is 7.89. The number of hydrogen-bond acceptors (Lipinski definition) is 7. The van der Waals surface area contributed by atoms with Crippen LogP contribution in [0.5, 0.6) is 5.75 Å². The first-order chi connectivity index (χ1) is 16.4. The van der Waals surface area contributed by atoms with Gasteiger partial charge >= 0.3 is 5.97 Å². The van der Waals surface area contributed by atoms with Crippen LogP contribution in [0.3, 0.4) is 0 Å². The molecule has 2 aromatic carbocycles. The Hall–Kier alpha value is -2.95. The monoisotopic (exact) mass is 490 g/mol. The van der Waals surface area contributed by atoms with Gasteiger partial charge in [0.1, 0.15) is 5.75 Å². The van der Waals surface area contributed by atoms with Gasteiger partial charge in [-0.3, -0.25) is 4.79 Å². The van der Waals surface area contributed by atoms with Crippen LogP contribution in [0.15, 0.2) is 53.4 Å². The topological polar surface area (TPSA) is 111 Å². The third kappa shape index (κ3) is 7.28. The largest absolute Gasteiger partial charge is 0.494 e. The average Bonchev–Trinajstić information content (AvgIpc) is 2.86. The molecule has 1 heterocycles. The Kier molecular flexibility index (Phi) is 9.43. The van der Waals surface area contributed by atoms with Gasteiger partial charge in [0.25, 0.3) is 5.91 Å². The minimum absolute atomic E-state index is 0.136. The number of nitrogens with one attached hydrogen (secondary N) is 1. The van der Waals surface area contributed by atoms with Crippen molar-refractivity contribution >= 4 is 27.6 Å². The molecule has 9 nitrogen and oxygen atoms in total. The molecule has 34 heavy (non-hydrogen) atoms. The van der Waals surface area contributed by atoms with Crippen LogP contribution >= 0.6 is 0 Å². The zero-order chi connectivity index (χ0) is 24.4. The van der Waals surface area contributed by atoms with Crippen LogP contribution in [0, 0.1) is 0 Å². The number of nitrogens with zero attached hydrogens (tertiary/aromatic N) is 1. The van der Waals surface area contributed by atoms with Crippen molar-refractivity contribution in [1.82, 2.24) is 4.31 Å². The van der Waals surface area contributed by atoms with Gasteiger partial charge in [0.15, 0.2) is 6.61 Å². The van der Waals surface area contributed by atoms with E-state index < -0.39 is 28.5 Å². The molecule has 0 spiro atoms. The minimum atomic E-state index is -3.61. The second kappa shape index (κ2) is 12.5. The summed E-state index contributed by atoms with van der Waals surface area (Å²) in [4.78, 5) is 24.5. The maximum atomic E-state index is 12.6. The molecule has 3 rings (SSSR count). The van der Waals surface area contributed by atoms with Gasteiger partial charge in [0, 0.05) is 18.8 Å². The number of ether oxygens (including phenoxy) is 3. The van der Waals surface area contributed by atoms with E-state index in [1.807, 2.05) is 0 Å². The number of rotatable bonds is 11. The first-order valence-corrected chi connectivity index (χ1v) is 12.7. The van der Waals surface area contributed by atoms with Crippen molar-refractivity contribution in [3.8, 4) is 5.75 Å². The molecule has 1 aliphatic heterocycles. The number of hydrogen-bond donors (Lipinski definition) is 1. The van der Waals surface area contributed by atoms with E-state index in [1.54, 1.807) is 24.3 Å². The number of amides is 1. The van der Waals surface area contributed by atoms with Crippen molar-refractivity contribution < 1.29 is 32.2 Å². The normalized spacial score (nSPS) is 14.4. The third-order valence-corrected chi connectivity index (χ3v) is 7.10. The molecular formula is C24H30N2O7S. The van der Waals surface area contributed by atoms with Crippen molar-refractivity contribution in [2.24, 2.45) is 0 Å². The molecule has 184 valence electrons. The van der Waals surface area contributed by atoms with Crippen molar-refractivity contribution in [2.75, 3.05) is 44.8 Å². The first kappa shape index (κ1) is 25.7. The quantitative estimate of drug-likeness (QED) is 0.381. The predicted octanol–water partition coefficient (Wildman–Crippen LogP) is 3.07. The number of morpholine rings is 1. The lowest BCUT2D eigenvalue weighted by Gasteiger charge is -2.26. The van der Waals surface area contributed by atoms with E-state index in [2.05, 4.69) is 12.2 Å². The van der Waals surface area contributed by atoms with Crippen LogP contribution in [0.4, 0.5) is 5.69 Å². The molecule has 1 fully saturated rings. The highest BCUT2D eigenvalue weighted by Gasteiger charge is 2.26. The predicted molar refractivity (Wildman–Crippen MR) is 126 cm³/mol. The molecule has 10 heteroatoms. The van der Waals surface area contributed by atoms with Crippen LogP contribution in [0.25, 0.3) is 0 Å². The van der Waals surface area contributed by atoms with Crippen molar-refractivity contribution in [3.05, 3.63) is 54.1 Å². The number of benzene rings is 2. The fourth-order valence-electron chi connectivity index (χ4n) is 3.29. The number of carbonyl (C=O) groups is 2. The van der Waals surface area contributed by atoms with E-state index >= 15 is 0 Å². The molecule has 1 N–H and O–H groups in total. The van der Waals surface area contributed by atoms with E-state index in [9.17, 15) is 18.0 Å². The van der Waals surface area contributed by atoms with Crippen LogP contribution in [0.1, 0.15) is 36.5 Å². The summed E-state index contributed by atoms with van der Waals surface area (Å²) in [6.45, 7) is 3.62. The highest BCUT2D eigenvalue weighted by Crippen LogP contribution is 2.19. The number of anilines is 1. The molecular weight excluding hydrogens is 460 g/mol. The van der Waals surface area contributed by atoms with Crippen LogP contribution < -0.4 is 10.1 Å². The van der Waals surface area contributed by atoms with Gasteiger partial charge in [-0.05, 0) is 55.0 Å². The summed E-state index contributed by atoms with van der Waals surface area (Å²) in [5, 5.41) is 2.58. The zero-order valence-electron chi connectivity index (χ0n) is 19.2. The summed E-state index contributed by atoms with van der Waals surface area (Å²) in [5.74, 6) is -0.489. The Balaban J connectivity index is 1.46. The summed E-state index contributed by atoms with van der Waals surface area (Å²) < 4.78 is 42.5. The summed E-state index contributed by atoms with van der Waals surface area (Å²) in [7, 11) is -3.61. The maximum Gasteiger partial charge on any atom is 0.338 e. The van der Waals surface area contributed by atoms with Gasteiger partial charge in [0.2, 0.25) is 10.0 Å². The van der Waals surface area contributed by atoms with Crippen LogP contribution in [-0.2, 0) is 24.3 Å². The Morgan fingerprint density at radius 2 is 1.68 bits per heavy atom. The van der Waals surface area contributed by atoms with E-state index in [4.69, 9.17) is 14.2 Å². The van der Waals surface area contributed by atoms with E-state index in [0.29, 0.717) is 49.9 Å². The third-order valence-electron chi connectivity index (χ3n) is 5.19. The van der Waals surface area contributed by atoms with E-state index in [1.165, 1.54) is 28.6 Å². The molecule has 0 unspecified atom stereocenters. The number of sulfonamides is 1. The molecule has 0 radical (unpaired) electrons. The molecule has 0 aliphatic carbocycles. The second-order valence-corrected chi connectivity index (χ2v) is 9.68. The molecule has 1 saturated heterocycles. The first-order valence-electron chi connectivity index (χ1n) is 11.3. The van der Waals surface area contributed by atoms with Gasteiger partial charge in [-0.15, -0.1) is 0 Å². The smallest absolute Gasteiger partial charge is 0.338 e. The standard InChI is InChI=1S/C24H30N2O7S/c1-2-3-4-15-32-21-9-5-19(6-10-21)24(28)33-18-23(27)25-20-7-11-22(12-8-20)34(29,30)26-13-16-31-17-14-26/h5-12H,2-4,13-18H2,1H3,(H,25,27).